The van der Waals surface area contributed by atoms with Crippen LogP contribution in [0.5, 0.6) is 5.75 Å². The minimum absolute atomic E-state index is 0.0345. The van der Waals surface area contributed by atoms with Crippen LogP contribution < -0.4 is 4.74 Å². The molecule has 3 saturated carbocycles. The van der Waals surface area contributed by atoms with E-state index in [0.717, 1.165) is 12.8 Å². The normalized spacial score (nSPS) is 25.9. The highest BCUT2D eigenvalue weighted by atomic mass is 35.5. The van der Waals surface area contributed by atoms with Gasteiger partial charge in [0.15, 0.2) is 12.0 Å². The van der Waals surface area contributed by atoms with E-state index in [2.05, 4.69) is 20.8 Å². The third kappa shape index (κ3) is 8.37. The molecule has 0 spiro atoms. The zero-order valence-corrected chi connectivity index (χ0v) is 30.9. The summed E-state index contributed by atoms with van der Waals surface area (Å²) in [5.41, 5.74) is -1.23. The van der Waals surface area contributed by atoms with Gasteiger partial charge in [-0.05, 0) is 110 Å². The Bertz CT molecular complexity index is 1260. The molecule has 1 aromatic carbocycles. The van der Waals surface area contributed by atoms with E-state index < -0.39 is 47.6 Å². The van der Waals surface area contributed by atoms with Gasteiger partial charge in [0.05, 0.1) is 17.0 Å². The van der Waals surface area contributed by atoms with E-state index in [0.29, 0.717) is 41.3 Å². The van der Waals surface area contributed by atoms with Crippen LogP contribution in [0.1, 0.15) is 105 Å². The number of thioether (sulfide) groups is 1. The van der Waals surface area contributed by atoms with Crippen molar-refractivity contribution in [3.8, 4) is 5.75 Å². The topological polar surface area (TPSA) is 98.8 Å². The Kier molecular flexibility index (Phi) is 11.5. The summed E-state index contributed by atoms with van der Waals surface area (Å²) in [7, 11) is -0.668. The van der Waals surface area contributed by atoms with Crippen LogP contribution >= 0.6 is 23.4 Å². The zero-order chi connectivity index (χ0) is 34.2. The van der Waals surface area contributed by atoms with Crippen molar-refractivity contribution < 1.29 is 42.6 Å². The SMILES string of the molecule is CCOC(CSc1ccc(CC(Cl)B2O[C@@H]3C[C@@H]4C[C@@H](C4(C)C)[C@]3(C)O2)c(OC(=O)OC(C)(C)C)c1C(=O)OC(C)(C)C)OCC. The fourth-order valence-corrected chi connectivity index (χ4v) is 8.19. The number of rotatable bonds is 12. The lowest BCUT2D eigenvalue weighted by Crippen LogP contribution is -2.65. The maximum atomic E-state index is 13.9. The molecule has 258 valence electrons. The van der Waals surface area contributed by atoms with Gasteiger partial charge in [-0.1, -0.05) is 19.9 Å². The lowest BCUT2D eigenvalue weighted by molar-refractivity contribution is -0.199. The third-order valence-corrected chi connectivity index (χ3v) is 10.6. The number of alkyl halides is 1. The van der Waals surface area contributed by atoms with E-state index in [1.165, 1.54) is 11.8 Å². The number of ether oxygens (including phenoxy) is 5. The molecule has 46 heavy (non-hydrogen) atoms. The van der Waals surface area contributed by atoms with Gasteiger partial charge in [0.25, 0.3) is 0 Å². The first-order valence-electron chi connectivity index (χ1n) is 16.4. The molecular formula is C34H52BClO9S. The molecular weight excluding hydrogens is 631 g/mol. The summed E-state index contributed by atoms with van der Waals surface area (Å²) in [6, 6.07) is 3.62. The molecule has 0 aromatic heterocycles. The number of benzene rings is 1. The maximum absolute atomic E-state index is 13.9. The molecule has 12 heteroatoms. The number of hydrogen-bond acceptors (Lipinski definition) is 10. The van der Waals surface area contributed by atoms with Gasteiger partial charge in [-0.2, -0.15) is 0 Å². The van der Waals surface area contributed by atoms with Crippen molar-refractivity contribution in [2.24, 2.45) is 17.3 Å². The summed E-state index contributed by atoms with van der Waals surface area (Å²) < 4.78 is 41.8. The quantitative estimate of drug-likeness (QED) is 0.0541. The molecule has 0 radical (unpaired) electrons. The summed E-state index contributed by atoms with van der Waals surface area (Å²) in [6.45, 7) is 22.1. The molecule has 1 aliphatic heterocycles. The van der Waals surface area contributed by atoms with Crippen LogP contribution in [-0.2, 0) is 34.7 Å². The van der Waals surface area contributed by atoms with Crippen LogP contribution in [0.4, 0.5) is 4.79 Å². The van der Waals surface area contributed by atoms with Gasteiger partial charge in [-0.15, -0.1) is 23.4 Å². The van der Waals surface area contributed by atoms with Crippen molar-refractivity contribution in [3.05, 3.63) is 23.3 Å². The van der Waals surface area contributed by atoms with Crippen molar-refractivity contribution >= 4 is 42.6 Å². The molecule has 1 heterocycles. The second-order valence-corrected chi connectivity index (χ2v) is 16.8. The third-order valence-electron chi connectivity index (χ3n) is 9.14. The van der Waals surface area contributed by atoms with Gasteiger partial charge in [0, 0.05) is 23.9 Å². The summed E-state index contributed by atoms with van der Waals surface area (Å²) in [5, 5.41) is -0.631. The summed E-state index contributed by atoms with van der Waals surface area (Å²) in [6.07, 6.45) is 0.794. The number of esters is 1. The van der Waals surface area contributed by atoms with Crippen molar-refractivity contribution in [2.75, 3.05) is 19.0 Å². The van der Waals surface area contributed by atoms with Gasteiger partial charge >= 0.3 is 19.2 Å². The van der Waals surface area contributed by atoms with Crippen LogP contribution in [0.2, 0.25) is 0 Å². The lowest BCUT2D eigenvalue weighted by Gasteiger charge is -2.64. The van der Waals surface area contributed by atoms with Crippen molar-refractivity contribution in [2.45, 2.75) is 135 Å². The zero-order valence-electron chi connectivity index (χ0n) is 29.3. The fourth-order valence-electron chi connectivity index (χ4n) is 6.92. The van der Waals surface area contributed by atoms with Gasteiger partial charge in [0.1, 0.15) is 16.8 Å². The largest absolute Gasteiger partial charge is 0.514 e. The van der Waals surface area contributed by atoms with Gasteiger partial charge in [-0.25, -0.2) is 9.59 Å². The van der Waals surface area contributed by atoms with Crippen molar-refractivity contribution in [1.29, 1.82) is 0 Å². The Morgan fingerprint density at radius 1 is 1.02 bits per heavy atom. The number of hydrogen-bond donors (Lipinski definition) is 0. The molecule has 1 unspecified atom stereocenters. The summed E-state index contributed by atoms with van der Waals surface area (Å²) in [5.74, 6) is 0.777. The molecule has 1 aromatic rings. The Balaban J connectivity index is 1.68. The minimum atomic E-state index is -0.942. The average Bonchev–Trinajstić information content (AvgIpc) is 3.28. The lowest BCUT2D eigenvalue weighted by atomic mass is 9.43. The average molecular weight is 683 g/mol. The van der Waals surface area contributed by atoms with Gasteiger partial charge < -0.3 is 33.0 Å². The second kappa shape index (κ2) is 14.2. The molecule has 1 saturated heterocycles. The standard InChI is InChI=1S/C34H52BClO9S/c1-12-39-26(40-13-2)19-46-22-15-14-20(28(41-30(38)43-32(6,7)8)27(22)29(37)42-31(3,4)5)16-25(36)35-44-24-18-21-17-23(33(21,9)10)34(24,11)45-35/h14-15,21,23-26H,12-13,16-19H2,1-11H3/t21-,23-,24+,25?,34-/m0/s1. The molecule has 4 aliphatic rings. The van der Waals surface area contributed by atoms with Gasteiger partial charge in [0.2, 0.25) is 0 Å². The number of halogens is 1. The molecule has 5 rings (SSSR count). The van der Waals surface area contributed by atoms with E-state index in [9.17, 15) is 9.59 Å². The highest BCUT2D eigenvalue weighted by molar-refractivity contribution is 7.99. The molecule has 5 atom stereocenters. The van der Waals surface area contributed by atoms with Crippen LogP contribution in [0.3, 0.4) is 0 Å². The first-order valence-corrected chi connectivity index (χ1v) is 17.8. The van der Waals surface area contributed by atoms with Crippen LogP contribution in [0.15, 0.2) is 17.0 Å². The van der Waals surface area contributed by atoms with Crippen molar-refractivity contribution in [1.82, 2.24) is 0 Å². The first kappa shape index (κ1) is 37.3. The second-order valence-electron chi connectivity index (χ2n) is 15.2. The highest BCUT2D eigenvalue weighted by Gasteiger charge is 2.68. The Hall–Kier alpha value is -1.50. The number of carbonyl (C=O) groups is 2. The monoisotopic (exact) mass is 682 g/mol. The van der Waals surface area contributed by atoms with E-state index in [-0.39, 0.29) is 29.3 Å². The summed E-state index contributed by atoms with van der Waals surface area (Å²) in [4.78, 5) is 27.5. The molecule has 9 nitrogen and oxygen atoms in total. The Morgan fingerprint density at radius 3 is 2.22 bits per heavy atom. The molecule has 0 amide bonds. The number of carbonyl (C=O) groups excluding carboxylic acids is 2. The Labute approximate surface area is 284 Å². The maximum Gasteiger partial charge on any atom is 0.514 e. The van der Waals surface area contributed by atoms with E-state index in [1.54, 1.807) is 41.5 Å². The molecule has 0 N–H and O–H groups in total. The predicted octanol–water partition coefficient (Wildman–Crippen LogP) is 7.86. The van der Waals surface area contributed by atoms with Crippen molar-refractivity contribution in [3.63, 3.8) is 0 Å². The van der Waals surface area contributed by atoms with E-state index >= 15 is 0 Å². The fraction of sp³-hybridized carbons (Fsp3) is 0.765. The predicted molar refractivity (Wildman–Crippen MR) is 180 cm³/mol. The highest BCUT2D eigenvalue weighted by Crippen LogP contribution is 2.66. The Morgan fingerprint density at radius 2 is 1.65 bits per heavy atom. The van der Waals surface area contributed by atoms with Crippen LogP contribution in [-0.4, -0.2) is 72.7 Å². The van der Waals surface area contributed by atoms with E-state index in [4.69, 9.17) is 44.6 Å². The van der Waals surface area contributed by atoms with E-state index in [1.807, 2.05) is 26.0 Å². The molecule has 4 fully saturated rings. The van der Waals surface area contributed by atoms with Crippen LogP contribution in [0, 0.1) is 17.3 Å². The minimum Gasteiger partial charge on any atom is -0.456 e. The van der Waals surface area contributed by atoms with Gasteiger partial charge in [-0.3, -0.25) is 0 Å². The first-order chi connectivity index (χ1) is 21.3. The smallest absolute Gasteiger partial charge is 0.456 e. The van der Waals surface area contributed by atoms with Crippen LogP contribution in [0.25, 0.3) is 0 Å². The molecule has 2 bridgehead atoms. The summed E-state index contributed by atoms with van der Waals surface area (Å²) >= 11 is 8.42. The molecule has 3 aliphatic carbocycles.